The average molecular weight is 632 g/mol. The molecule has 0 heterocycles. The summed E-state index contributed by atoms with van der Waals surface area (Å²) in [6, 6.07) is 29.2. The van der Waals surface area contributed by atoms with Crippen molar-refractivity contribution in [2.45, 2.75) is 51.1 Å². The van der Waals surface area contributed by atoms with Gasteiger partial charge in [0, 0.05) is 24.5 Å². The van der Waals surface area contributed by atoms with Gasteiger partial charge in [-0.15, -0.1) is 0 Å². The van der Waals surface area contributed by atoms with Gasteiger partial charge in [-0.05, 0) is 66.8 Å². The van der Waals surface area contributed by atoms with Crippen LogP contribution in [0.5, 0.6) is 0 Å². The smallest absolute Gasteiger partial charge is 0.264 e. The molecule has 2 amide bonds. The molecule has 0 saturated carbocycles. The fourth-order valence-corrected chi connectivity index (χ4v) is 6.65. The molecule has 230 valence electrons. The van der Waals surface area contributed by atoms with Crippen LogP contribution in [-0.2, 0) is 32.6 Å². The van der Waals surface area contributed by atoms with E-state index in [0.29, 0.717) is 22.8 Å². The quantitative estimate of drug-likeness (QED) is 0.187. The van der Waals surface area contributed by atoms with E-state index in [1.807, 2.05) is 68.4 Å². The molecule has 0 radical (unpaired) electrons. The molecule has 9 heteroatoms. The monoisotopic (exact) mass is 631 g/mol. The lowest BCUT2D eigenvalue weighted by Crippen LogP contribution is -2.53. The number of hydrogen-bond donors (Lipinski definition) is 1. The Morgan fingerprint density at radius 2 is 1.48 bits per heavy atom. The van der Waals surface area contributed by atoms with E-state index in [0.717, 1.165) is 27.4 Å². The van der Waals surface area contributed by atoms with Crippen molar-refractivity contribution in [1.29, 1.82) is 0 Å². The van der Waals surface area contributed by atoms with Crippen molar-refractivity contribution < 1.29 is 18.0 Å². The summed E-state index contributed by atoms with van der Waals surface area (Å²) in [6.07, 6.45) is 0.988. The van der Waals surface area contributed by atoms with Crippen LogP contribution in [0.1, 0.15) is 35.6 Å². The van der Waals surface area contributed by atoms with E-state index >= 15 is 0 Å². The van der Waals surface area contributed by atoms with Crippen LogP contribution < -0.4 is 9.62 Å². The summed E-state index contributed by atoms with van der Waals surface area (Å²) in [4.78, 5) is 29.8. The van der Waals surface area contributed by atoms with Crippen molar-refractivity contribution in [3.63, 3.8) is 0 Å². The number of benzene rings is 4. The molecule has 0 unspecified atom stereocenters. The molecule has 0 aliphatic carbocycles. The van der Waals surface area contributed by atoms with Crippen LogP contribution in [0.25, 0.3) is 0 Å². The molecule has 0 aliphatic rings. The third kappa shape index (κ3) is 7.87. The molecule has 0 spiro atoms. The van der Waals surface area contributed by atoms with E-state index < -0.39 is 28.5 Å². The molecule has 7 nitrogen and oxygen atoms in total. The van der Waals surface area contributed by atoms with Crippen molar-refractivity contribution in [3.8, 4) is 0 Å². The van der Waals surface area contributed by atoms with Gasteiger partial charge in [-0.1, -0.05) is 97.4 Å². The molecular weight excluding hydrogens is 594 g/mol. The number of carbonyl (C=O) groups is 2. The van der Waals surface area contributed by atoms with Gasteiger partial charge in [-0.2, -0.15) is 0 Å². The van der Waals surface area contributed by atoms with Crippen LogP contribution >= 0.6 is 11.6 Å². The minimum atomic E-state index is -4.20. The lowest BCUT2D eigenvalue weighted by atomic mass is 10.0. The fourth-order valence-electron chi connectivity index (χ4n) is 4.99. The third-order valence-electron chi connectivity index (χ3n) is 7.54. The van der Waals surface area contributed by atoms with Crippen molar-refractivity contribution >= 4 is 39.1 Å². The Kier molecular flexibility index (Phi) is 11.2. The fraction of sp³-hybridized carbons (Fsp3) is 0.257. The molecule has 0 aliphatic heterocycles. The highest BCUT2D eigenvalue weighted by molar-refractivity contribution is 7.92. The molecule has 44 heavy (non-hydrogen) atoms. The zero-order chi connectivity index (χ0) is 31.7. The molecule has 4 aromatic carbocycles. The van der Waals surface area contributed by atoms with Crippen LogP contribution in [0.15, 0.2) is 108 Å². The van der Waals surface area contributed by atoms with Crippen molar-refractivity contribution in [2.24, 2.45) is 0 Å². The summed E-state index contributed by atoms with van der Waals surface area (Å²) in [5.41, 5.74) is 3.51. The first-order valence-corrected chi connectivity index (χ1v) is 16.4. The standard InChI is InChI=1S/C35H38ClN3O4S/c1-4-22-37-35(41)33(23-28-15-7-5-8-16-28)38(24-29-17-12-11-14-26(29)2)34(40)25-39(32-21-13-20-31(36)27(32)3)44(42,43)30-18-9-6-10-19-30/h5-21,33H,4,22-25H2,1-3H3,(H,37,41)/t33-/m1/s1. The van der Waals surface area contributed by atoms with Crippen molar-refractivity contribution in [2.75, 3.05) is 17.4 Å². The first kappa shape index (κ1) is 32.8. The zero-order valence-corrected chi connectivity index (χ0v) is 26.8. The van der Waals surface area contributed by atoms with Crippen LogP contribution in [0.4, 0.5) is 5.69 Å². The van der Waals surface area contributed by atoms with Gasteiger partial charge in [0.25, 0.3) is 10.0 Å². The number of amides is 2. The van der Waals surface area contributed by atoms with E-state index in [4.69, 9.17) is 11.6 Å². The first-order chi connectivity index (χ1) is 21.1. The maximum Gasteiger partial charge on any atom is 0.264 e. The minimum Gasteiger partial charge on any atom is -0.354 e. The second kappa shape index (κ2) is 15.0. The Bertz CT molecular complexity index is 1680. The number of anilines is 1. The van der Waals surface area contributed by atoms with Crippen LogP contribution in [0.2, 0.25) is 5.02 Å². The van der Waals surface area contributed by atoms with Gasteiger partial charge in [0.2, 0.25) is 11.8 Å². The number of sulfonamides is 1. The lowest BCUT2D eigenvalue weighted by molar-refractivity contribution is -0.140. The molecule has 0 fully saturated rings. The Labute approximate surface area is 265 Å². The molecule has 0 bridgehead atoms. The summed E-state index contributed by atoms with van der Waals surface area (Å²) in [5, 5.41) is 3.34. The number of carbonyl (C=O) groups excluding carboxylic acids is 2. The number of hydrogen-bond acceptors (Lipinski definition) is 4. The van der Waals surface area contributed by atoms with Gasteiger partial charge in [-0.3, -0.25) is 13.9 Å². The molecule has 1 atom stereocenters. The normalized spacial score (nSPS) is 11.9. The molecular formula is C35H38ClN3O4S. The van der Waals surface area contributed by atoms with E-state index in [2.05, 4.69) is 5.32 Å². The summed E-state index contributed by atoms with van der Waals surface area (Å²) >= 11 is 6.44. The Balaban J connectivity index is 1.83. The second-order valence-electron chi connectivity index (χ2n) is 10.7. The molecule has 4 aromatic rings. The van der Waals surface area contributed by atoms with Gasteiger partial charge in [-0.25, -0.2) is 8.42 Å². The van der Waals surface area contributed by atoms with Gasteiger partial charge in [0.1, 0.15) is 12.6 Å². The summed E-state index contributed by atoms with van der Waals surface area (Å²) in [7, 11) is -4.20. The highest BCUT2D eigenvalue weighted by atomic mass is 35.5. The summed E-state index contributed by atoms with van der Waals surface area (Å²) in [6.45, 7) is 5.67. The van der Waals surface area contributed by atoms with Gasteiger partial charge in [0.05, 0.1) is 10.6 Å². The van der Waals surface area contributed by atoms with Crippen LogP contribution in [0.3, 0.4) is 0 Å². The van der Waals surface area contributed by atoms with Crippen LogP contribution in [-0.4, -0.2) is 44.3 Å². The highest BCUT2D eigenvalue weighted by Gasteiger charge is 2.35. The lowest BCUT2D eigenvalue weighted by Gasteiger charge is -2.34. The topological polar surface area (TPSA) is 86.8 Å². The molecule has 0 saturated heterocycles. The Hall–Kier alpha value is -4.14. The number of nitrogens with zero attached hydrogens (tertiary/aromatic N) is 2. The Morgan fingerprint density at radius 3 is 2.14 bits per heavy atom. The maximum atomic E-state index is 14.5. The van der Waals surface area contributed by atoms with Crippen molar-refractivity contribution in [1.82, 2.24) is 10.2 Å². The molecule has 1 N–H and O–H groups in total. The average Bonchev–Trinajstić information content (AvgIpc) is 3.03. The minimum absolute atomic E-state index is 0.0409. The SMILES string of the molecule is CCCNC(=O)[C@@H](Cc1ccccc1)N(Cc1ccccc1C)C(=O)CN(c1cccc(Cl)c1C)S(=O)(=O)c1ccccc1. The zero-order valence-electron chi connectivity index (χ0n) is 25.2. The van der Waals surface area contributed by atoms with Gasteiger partial charge < -0.3 is 10.2 Å². The van der Waals surface area contributed by atoms with E-state index in [-0.39, 0.29) is 23.8 Å². The van der Waals surface area contributed by atoms with Crippen LogP contribution in [0, 0.1) is 13.8 Å². The molecule has 4 rings (SSSR count). The summed E-state index contributed by atoms with van der Waals surface area (Å²) < 4.78 is 29.4. The van der Waals surface area contributed by atoms with E-state index in [1.165, 1.54) is 17.0 Å². The number of nitrogens with one attached hydrogen (secondary N) is 1. The number of aryl methyl sites for hydroxylation is 1. The first-order valence-electron chi connectivity index (χ1n) is 14.6. The number of rotatable bonds is 13. The number of halogens is 1. The van der Waals surface area contributed by atoms with Crippen molar-refractivity contribution in [3.05, 3.63) is 130 Å². The predicted octanol–water partition coefficient (Wildman–Crippen LogP) is 6.32. The Morgan fingerprint density at radius 1 is 0.841 bits per heavy atom. The van der Waals surface area contributed by atoms with E-state index in [9.17, 15) is 18.0 Å². The van der Waals surface area contributed by atoms with Gasteiger partial charge in [0.15, 0.2) is 0 Å². The predicted molar refractivity (Wildman–Crippen MR) is 176 cm³/mol. The largest absolute Gasteiger partial charge is 0.354 e. The highest BCUT2D eigenvalue weighted by Crippen LogP contribution is 2.31. The third-order valence-corrected chi connectivity index (χ3v) is 9.72. The van der Waals surface area contributed by atoms with E-state index in [1.54, 1.807) is 43.3 Å². The maximum absolute atomic E-state index is 14.5. The molecule has 0 aromatic heterocycles. The van der Waals surface area contributed by atoms with Gasteiger partial charge >= 0.3 is 0 Å². The second-order valence-corrected chi connectivity index (χ2v) is 12.9. The summed E-state index contributed by atoms with van der Waals surface area (Å²) in [5.74, 6) is -0.811.